The second kappa shape index (κ2) is 5.53. The van der Waals surface area contributed by atoms with Crippen molar-refractivity contribution in [3.8, 4) is 0 Å². The molecule has 1 rings (SSSR count). The van der Waals surface area contributed by atoms with Crippen LogP contribution in [0.25, 0.3) is 0 Å². The molecule has 1 fully saturated rings. The molecule has 0 radical (unpaired) electrons. The Bertz CT molecular complexity index is 296. The van der Waals surface area contributed by atoms with E-state index in [2.05, 4.69) is 10.6 Å². The number of nitrogens with one attached hydrogen (secondary N) is 2. The van der Waals surface area contributed by atoms with Crippen molar-refractivity contribution >= 4 is 12.0 Å². The lowest BCUT2D eigenvalue weighted by atomic mass is 10.1. The summed E-state index contributed by atoms with van der Waals surface area (Å²) in [6.45, 7) is 2.71. The monoisotopic (exact) mass is 226 g/mol. The summed E-state index contributed by atoms with van der Waals surface area (Å²) in [5.74, 6) is -0.818. The first kappa shape index (κ1) is 12.5. The topological polar surface area (TPSA) is 78.4 Å². The molecule has 0 aromatic rings. The fraction of sp³-hybridized carbons (Fsp3) is 0.636. The van der Waals surface area contributed by atoms with Crippen LogP contribution in [0.4, 0.5) is 4.79 Å². The third-order valence-corrected chi connectivity index (χ3v) is 2.73. The number of carbonyl (C=O) groups is 2. The van der Waals surface area contributed by atoms with E-state index in [-0.39, 0.29) is 12.6 Å². The van der Waals surface area contributed by atoms with Crippen LogP contribution in [0.3, 0.4) is 0 Å². The minimum absolute atomic E-state index is 0.220. The van der Waals surface area contributed by atoms with Gasteiger partial charge < -0.3 is 15.7 Å². The van der Waals surface area contributed by atoms with Gasteiger partial charge in [-0.2, -0.15) is 0 Å². The highest BCUT2D eigenvalue weighted by Crippen LogP contribution is 2.45. The smallest absolute Gasteiger partial charge is 0.314 e. The van der Waals surface area contributed by atoms with Crippen LogP contribution >= 0.6 is 0 Å². The molecule has 0 unspecified atom stereocenters. The lowest BCUT2D eigenvalue weighted by molar-refractivity contribution is -0.143. The van der Waals surface area contributed by atoms with Gasteiger partial charge in [0, 0.05) is 13.1 Å². The highest BCUT2D eigenvalue weighted by molar-refractivity contribution is 5.80. The Labute approximate surface area is 94.9 Å². The molecule has 1 saturated carbocycles. The maximum Gasteiger partial charge on any atom is 0.314 e. The van der Waals surface area contributed by atoms with Crippen LogP contribution in [0, 0.1) is 5.41 Å². The number of hydrogen-bond acceptors (Lipinski definition) is 2. The molecular formula is C11H18N2O3. The van der Waals surface area contributed by atoms with Crippen LogP contribution in [0.2, 0.25) is 0 Å². The van der Waals surface area contributed by atoms with E-state index < -0.39 is 11.4 Å². The van der Waals surface area contributed by atoms with E-state index in [1.807, 2.05) is 19.1 Å². The molecule has 0 atom stereocenters. The predicted octanol–water partition coefficient (Wildman–Crippen LogP) is 1.12. The summed E-state index contributed by atoms with van der Waals surface area (Å²) >= 11 is 0. The molecule has 5 heteroatoms. The summed E-state index contributed by atoms with van der Waals surface area (Å²) in [7, 11) is 0. The maximum atomic E-state index is 11.3. The second-order valence-corrected chi connectivity index (χ2v) is 4.05. The van der Waals surface area contributed by atoms with E-state index in [9.17, 15) is 9.59 Å². The number of carboxylic acid groups (broad SMARTS) is 1. The average molecular weight is 226 g/mol. The summed E-state index contributed by atoms with van der Waals surface area (Å²) in [5, 5.41) is 14.1. The fourth-order valence-electron chi connectivity index (χ4n) is 1.36. The van der Waals surface area contributed by atoms with E-state index in [1.54, 1.807) is 0 Å². The van der Waals surface area contributed by atoms with Crippen LogP contribution in [-0.4, -0.2) is 30.2 Å². The van der Waals surface area contributed by atoms with Crippen LogP contribution in [0.15, 0.2) is 12.2 Å². The number of allylic oxidation sites excluding steroid dienone is 1. The molecule has 5 nitrogen and oxygen atoms in total. The van der Waals surface area contributed by atoms with Gasteiger partial charge in [-0.15, -0.1) is 0 Å². The van der Waals surface area contributed by atoms with Gasteiger partial charge in [0.2, 0.25) is 0 Å². The molecule has 2 amide bonds. The molecule has 0 saturated heterocycles. The van der Waals surface area contributed by atoms with Crippen LogP contribution in [0.5, 0.6) is 0 Å². The Morgan fingerprint density at radius 2 is 2.06 bits per heavy atom. The van der Waals surface area contributed by atoms with Gasteiger partial charge in [-0.1, -0.05) is 12.2 Å². The van der Waals surface area contributed by atoms with E-state index in [4.69, 9.17) is 5.11 Å². The first-order valence-electron chi connectivity index (χ1n) is 5.47. The molecule has 0 spiro atoms. The summed E-state index contributed by atoms with van der Waals surface area (Å²) in [6.07, 6.45) is 5.97. The first-order valence-corrected chi connectivity index (χ1v) is 5.47. The molecular weight excluding hydrogens is 208 g/mol. The first-order chi connectivity index (χ1) is 7.60. The highest BCUT2D eigenvalue weighted by Gasteiger charge is 2.50. The molecule has 0 aromatic carbocycles. The molecule has 0 bridgehead atoms. The van der Waals surface area contributed by atoms with Gasteiger partial charge in [0.05, 0.1) is 5.41 Å². The average Bonchev–Trinajstić information content (AvgIpc) is 3.03. The summed E-state index contributed by atoms with van der Waals surface area (Å²) < 4.78 is 0. The largest absolute Gasteiger partial charge is 0.481 e. The standard InChI is InChI=1S/C11H18N2O3/c1-2-3-4-7-12-10(16)13-8-11(5-6-11)9(14)15/h2-3H,4-8H2,1H3,(H,14,15)(H2,12,13,16)/b3-2+. The molecule has 3 N–H and O–H groups in total. The lowest BCUT2D eigenvalue weighted by Gasteiger charge is -2.11. The quantitative estimate of drug-likeness (QED) is 0.469. The van der Waals surface area contributed by atoms with Crippen molar-refractivity contribution in [1.82, 2.24) is 10.6 Å². The number of hydrogen-bond donors (Lipinski definition) is 3. The van der Waals surface area contributed by atoms with E-state index in [1.165, 1.54) is 0 Å². The van der Waals surface area contributed by atoms with Crippen LogP contribution < -0.4 is 10.6 Å². The van der Waals surface area contributed by atoms with Gasteiger partial charge >= 0.3 is 12.0 Å². The lowest BCUT2D eigenvalue weighted by Crippen LogP contribution is -2.40. The minimum Gasteiger partial charge on any atom is -0.481 e. The molecule has 16 heavy (non-hydrogen) atoms. The number of rotatable bonds is 6. The van der Waals surface area contributed by atoms with Crippen molar-refractivity contribution in [1.29, 1.82) is 0 Å². The Morgan fingerprint density at radius 3 is 2.56 bits per heavy atom. The van der Waals surface area contributed by atoms with Crippen molar-refractivity contribution in [3.63, 3.8) is 0 Å². The van der Waals surface area contributed by atoms with Crippen LogP contribution in [0.1, 0.15) is 26.2 Å². The molecule has 90 valence electrons. The summed E-state index contributed by atoms with van der Waals surface area (Å²) in [6, 6.07) is -0.294. The Morgan fingerprint density at radius 1 is 1.38 bits per heavy atom. The Balaban J connectivity index is 2.13. The second-order valence-electron chi connectivity index (χ2n) is 4.05. The molecule has 0 aromatic heterocycles. The third-order valence-electron chi connectivity index (χ3n) is 2.73. The van der Waals surface area contributed by atoms with Crippen molar-refractivity contribution in [2.24, 2.45) is 5.41 Å². The summed E-state index contributed by atoms with van der Waals surface area (Å²) in [4.78, 5) is 22.1. The van der Waals surface area contributed by atoms with Gasteiger partial charge in [0.1, 0.15) is 0 Å². The van der Waals surface area contributed by atoms with Crippen molar-refractivity contribution in [3.05, 3.63) is 12.2 Å². The number of amides is 2. The van der Waals surface area contributed by atoms with E-state index in [0.29, 0.717) is 19.4 Å². The van der Waals surface area contributed by atoms with Gasteiger partial charge in [0.15, 0.2) is 0 Å². The summed E-state index contributed by atoms with van der Waals surface area (Å²) in [5.41, 5.74) is -0.694. The maximum absolute atomic E-state index is 11.3. The van der Waals surface area contributed by atoms with Gasteiger partial charge in [-0.05, 0) is 26.2 Å². The zero-order valence-electron chi connectivity index (χ0n) is 9.45. The van der Waals surface area contributed by atoms with Gasteiger partial charge in [-0.3, -0.25) is 4.79 Å². The van der Waals surface area contributed by atoms with E-state index in [0.717, 1.165) is 6.42 Å². The van der Waals surface area contributed by atoms with Crippen LogP contribution in [-0.2, 0) is 4.79 Å². The van der Waals surface area contributed by atoms with Crippen molar-refractivity contribution in [2.75, 3.05) is 13.1 Å². The number of urea groups is 1. The Kier molecular flexibility index (Phi) is 4.34. The molecule has 1 aliphatic carbocycles. The third kappa shape index (κ3) is 3.56. The highest BCUT2D eigenvalue weighted by atomic mass is 16.4. The van der Waals surface area contributed by atoms with Gasteiger partial charge in [-0.25, -0.2) is 4.79 Å². The zero-order chi connectivity index (χ0) is 12.0. The molecule has 0 aliphatic heterocycles. The predicted molar refractivity (Wildman–Crippen MR) is 60.1 cm³/mol. The van der Waals surface area contributed by atoms with Gasteiger partial charge in [0.25, 0.3) is 0 Å². The molecule has 0 heterocycles. The van der Waals surface area contributed by atoms with Crippen molar-refractivity contribution < 1.29 is 14.7 Å². The van der Waals surface area contributed by atoms with Crippen molar-refractivity contribution in [2.45, 2.75) is 26.2 Å². The van der Waals surface area contributed by atoms with E-state index >= 15 is 0 Å². The molecule has 1 aliphatic rings. The number of aliphatic carboxylic acids is 1. The minimum atomic E-state index is -0.818. The SMILES string of the molecule is C/C=C/CCNC(=O)NCC1(C(=O)O)CC1. The fourth-order valence-corrected chi connectivity index (χ4v) is 1.36. The Hall–Kier alpha value is -1.52. The number of carbonyl (C=O) groups excluding carboxylic acids is 1. The number of carboxylic acids is 1. The zero-order valence-corrected chi connectivity index (χ0v) is 9.45. The normalized spacial score (nSPS) is 17.1.